The molecule has 0 aliphatic rings. The second kappa shape index (κ2) is 4.95. The van der Waals surface area contributed by atoms with E-state index in [-0.39, 0.29) is 0 Å². The fourth-order valence-electron chi connectivity index (χ4n) is 1.96. The fraction of sp³-hybridized carbons (Fsp3) is 0.538. The fourth-order valence-corrected chi connectivity index (χ4v) is 1.96. The van der Waals surface area contributed by atoms with Gasteiger partial charge in [0.1, 0.15) is 5.60 Å². The molecule has 0 bridgehead atoms. The van der Waals surface area contributed by atoms with Crippen molar-refractivity contribution in [3.8, 4) is 0 Å². The molecule has 1 aromatic carbocycles. The van der Waals surface area contributed by atoms with Crippen molar-refractivity contribution in [2.24, 2.45) is 0 Å². The van der Waals surface area contributed by atoms with Gasteiger partial charge in [-0.05, 0) is 26.3 Å². The van der Waals surface area contributed by atoms with Crippen LogP contribution in [0.15, 0.2) is 18.2 Å². The van der Waals surface area contributed by atoms with Crippen molar-refractivity contribution in [3.63, 3.8) is 0 Å². The van der Waals surface area contributed by atoms with Crippen LogP contribution in [0.2, 0.25) is 0 Å². The van der Waals surface area contributed by atoms with Crippen LogP contribution in [0.5, 0.6) is 0 Å². The summed E-state index contributed by atoms with van der Waals surface area (Å²) in [4.78, 5) is 0. The predicted molar refractivity (Wildman–Crippen MR) is 63.3 cm³/mol. The summed E-state index contributed by atoms with van der Waals surface area (Å²) in [5.74, 6) is 0. The normalized spacial score (nSPS) is 15.2. The zero-order chi connectivity index (χ0) is 12.3. The Morgan fingerprint density at radius 2 is 1.50 bits per heavy atom. The molecule has 0 heterocycles. The minimum absolute atomic E-state index is 0.673. The Kier molecular flexibility index (Phi) is 4.08. The van der Waals surface area contributed by atoms with Gasteiger partial charge in [0.05, 0.1) is 0 Å². The molecule has 1 atom stereocenters. The summed E-state index contributed by atoms with van der Waals surface area (Å²) in [6, 6.07) is 5.95. The summed E-state index contributed by atoms with van der Waals surface area (Å²) in [5, 5.41) is 10.4. The predicted octanol–water partition coefficient (Wildman–Crippen LogP) is 2.13. The Hall–Kier alpha value is -0.900. The van der Waals surface area contributed by atoms with Crippen LogP contribution in [0.1, 0.15) is 23.6 Å². The third kappa shape index (κ3) is 2.61. The zero-order valence-corrected chi connectivity index (χ0v) is 10.6. The lowest BCUT2D eigenvalue weighted by Gasteiger charge is -2.31. The van der Waals surface area contributed by atoms with Gasteiger partial charge in [0.25, 0.3) is 0 Å². The summed E-state index contributed by atoms with van der Waals surface area (Å²) in [7, 11) is 3.04. The highest BCUT2D eigenvalue weighted by Crippen LogP contribution is 2.28. The Labute approximate surface area is 97.0 Å². The van der Waals surface area contributed by atoms with Crippen LogP contribution in [0.3, 0.4) is 0 Å². The number of hydrogen-bond donors (Lipinski definition) is 1. The summed E-state index contributed by atoms with van der Waals surface area (Å²) < 4.78 is 10.3. The molecule has 0 saturated carbocycles. The van der Waals surface area contributed by atoms with E-state index in [1.807, 2.05) is 26.0 Å². The van der Waals surface area contributed by atoms with E-state index in [0.29, 0.717) is 0 Å². The lowest BCUT2D eigenvalue weighted by Crippen LogP contribution is -2.39. The molecular weight excluding hydrogens is 204 g/mol. The lowest BCUT2D eigenvalue weighted by atomic mass is 9.92. The van der Waals surface area contributed by atoms with Gasteiger partial charge in [-0.25, -0.2) is 0 Å². The molecule has 1 unspecified atom stereocenters. The standard InChI is InChI=1S/C13H20O3/c1-9-6-10(2)8-11(7-9)13(3,14)12(15-4)16-5/h6-8,12,14H,1-5H3. The average molecular weight is 224 g/mol. The van der Waals surface area contributed by atoms with Crippen LogP contribution in [-0.4, -0.2) is 25.6 Å². The van der Waals surface area contributed by atoms with E-state index < -0.39 is 11.9 Å². The summed E-state index contributed by atoms with van der Waals surface area (Å²) >= 11 is 0. The van der Waals surface area contributed by atoms with Crippen molar-refractivity contribution in [2.75, 3.05) is 14.2 Å². The van der Waals surface area contributed by atoms with Gasteiger partial charge in [0.2, 0.25) is 0 Å². The van der Waals surface area contributed by atoms with E-state index in [4.69, 9.17) is 9.47 Å². The summed E-state index contributed by atoms with van der Waals surface area (Å²) in [5.41, 5.74) is 1.88. The average Bonchev–Trinajstić information content (AvgIpc) is 2.17. The number of rotatable bonds is 4. The molecule has 3 heteroatoms. The van der Waals surface area contributed by atoms with Gasteiger partial charge in [0.15, 0.2) is 6.29 Å². The highest BCUT2D eigenvalue weighted by atomic mass is 16.7. The zero-order valence-electron chi connectivity index (χ0n) is 10.6. The number of hydrogen-bond acceptors (Lipinski definition) is 3. The number of methoxy groups -OCH3 is 2. The number of ether oxygens (including phenoxy) is 2. The maximum Gasteiger partial charge on any atom is 0.189 e. The smallest absolute Gasteiger partial charge is 0.189 e. The number of benzene rings is 1. The van der Waals surface area contributed by atoms with Crippen molar-refractivity contribution < 1.29 is 14.6 Å². The van der Waals surface area contributed by atoms with Crippen LogP contribution in [0.25, 0.3) is 0 Å². The first kappa shape index (κ1) is 13.2. The minimum atomic E-state index is -1.15. The Bertz CT molecular complexity index is 334. The first-order chi connectivity index (χ1) is 7.41. The van der Waals surface area contributed by atoms with E-state index in [0.717, 1.165) is 16.7 Å². The molecule has 0 aromatic heterocycles. The molecule has 3 nitrogen and oxygen atoms in total. The molecule has 1 rings (SSSR count). The topological polar surface area (TPSA) is 38.7 Å². The second-order valence-electron chi connectivity index (χ2n) is 4.33. The van der Waals surface area contributed by atoms with Gasteiger partial charge in [-0.1, -0.05) is 29.3 Å². The molecule has 1 aromatic rings. The maximum absolute atomic E-state index is 10.4. The summed E-state index contributed by atoms with van der Waals surface area (Å²) in [6.07, 6.45) is -0.673. The molecular formula is C13H20O3. The SMILES string of the molecule is COC(OC)C(C)(O)c1cc(C)cc(C)c1. The molecule has 90 valence electrons. The van der Waals surface area contributed by atoms with Gasteiger partial charge < -0.3 is 14.6 Å². The van der Waals surface area contributed by atoms with Crippen molar-refractivity contribution in [2.45, 2.75) is 32.7 Å². The van der Waals surface area contributed by atoms with Crippen LogP contribution < -0.4 is 0 Å². The van der Waals surface area contributed by atoms with Gasteiger partial charge in [-0.2, -0.15) is 0 Å². The first-order valence-corrected chi connectivity index (χ1v) is 5.28. The quantitative estimate of drug-likeness (QED) is 0.796. The van der Waals surface area contributed by atoms with Gasteiger partial charge >= 0.3 is 0 Å². The molecule has 0 aliphatic heterocycles. The molecule has 0 radical (unpaired) electrons. The highest BCUT2D eigenvalue weighted by molar-refractivity contribution is 5.32. The molecule has 0 amide bonds. The van der Waals surface area contributed by atoms with Gasteiger partial charge in [-0.3, -0.25) is 0 Å². The van der Waals surface area contributed by atoms with Crippen molar-refractivity contribution in [1.29, 1.82) is 0 Å². The van der Waals surface area contributed by atoms with Crippen LogP contribution in [0, 0.1) is 13.8 Å². The minimum Gasteiger partial charge on any atom is -0.380 e. The van der Waals surface area contributed by atoms with Crippen molar-refractivity contribution in [3.05, 3.63) is 34.9 Å². The van der Waals surface area contributed by atoms with E-state index in [2.05, 4.69) is 6.07 Å². The molecule has 0 aliphatic carbocycles. The van der Waals surface area contributed by atoms with Gasteiger partial charge in [-0.15, -0.1) is 0 Å². The van der Waals surface area contributed by atoms with Crippen molar-refractivity contribution in [1.82, 2.24) is 0 Å². The first-order valence-electron chi connectivity index (χ1n) is 5.28. The Morgan fingerprint density at radius 1 is 1.06 bits per heavy atom. The highest BCUT2D eigenvalue weighted by Gasteiger charge is 2.34. The van der Waals surface area contributed by atoms with E-state index >= 15 is 0 Å². The van der Waals surface area contributed by atoms with Crippen molar-refractivity contribution >= 4 is 0 Å². The largest absolute Gasteiger partial charge is 0.380 e. The van der Waals surface area contributed by atoms with E-state index in [1.165, 1.54) is 14.2 Å². The number of aliphatic hydroxyl groups is 1. The van der Waals surface area contributed by atoms with E-state index in [9.17, 15) is 5.11 Å². The van der Waals surface area contributed by atoms with E-state index in [1.54, 1.807) is 6.92 Å². The third-order valence-electron chi connectivity index (χ3n) is 2.69. The monoisotopic (exact) mass is 224 g/mol. The molecule has 0 saturated heterocycles. The maximum atomic E-state index is 10.4. The lowest BCUT2D eigenvalue weighted by molar-refractivity contribution is -0.213. The van der Waals surface area contributed by atoms with Gasteiger partial charge in [0, 0.05) is 14.2 Å². The summed E-state index contributed by atoms with van der Waals surface area (Å²) in [6.45, 7) is 5.70. The Balaban J connectivity index is 3.14. The molecule has 1 N–H and O–H groups in total. The second-order valence-corrected chi connectivity index (χ2v) is 4.33. The molecule has 16 heavy (non-hydrogen) atoms. The van der Waals surface area contributed by atoms with Crippen LogP contribution in [-0.2, 0) is 15.1 Å². The third-order valence-corrected chi connectivity index (χ3v) is 2.69. The van der Waals surface area contributed by atoms with Crippen LogP contribution in [0.4, 0.5) is 0 Å². The number of aryl methyl sites for hydroxylation is 2. The van der Waals surface area contributed by atoms with Crippen LogP contribution >= 0.6 is 0 Å². The molecule has 0 spiro atoms. The Morgan fingerprint density at radius 3 is 1.88 bits per heavy atom. The molecule has 0 fully saturated rings.